The molecular weight excluding hydrogens is 216 g/mol. The lowest BCUT2D eigenvalue weighted by molar-refractivity contribution is -0.131. The first-order chi connectivity index (χ1) is 6.92. The first-order valence-corrected chi connectivity index (χ1v) is 5.69. The van der Waals surface area contributed by atoms with E-state index in [1.807, 2.05) is 6.92 Å². The molecule has 0 amide bonds. The van der Waals surface area contributed by atoms with Crippen molar-refractivity contribution in [3.63, 3.8) is 0 Å². The van der Waals surface area contributed by atoms with Gasteiger partial charge in [0.05, 0.1) is 4.90 Å². The number of carboxylic acids is 1. The lowest BCUT2D eigenvalue weighted by atomic mass is 10.2. The second kappa shape index (κ2) is 4.27. The zero-order valence-electron chi connectivity index (χ0n) is 8.04. The average molecular weight is 226 g/mol. The monoisotopic (exact) mass is 226 g/mol. The van der Waals surface area contributed by atoms with Crippen molar-refractivity contribution < 1.29 is 18.3 Å². The quantitative estimate of drug-likeness (QED) is 0.790. The number of hydrogen-bond donors (Lipinski definition) is 1. The van der Waals surface area contributed by atoms with E-state index < -0.39 is 15.8 Å². The molecule has 0 saturated heterocycles. The average Bonchev–Trinajstić information content (AvgIpc) is 2.16. The lowest BCUT2D eigenvalue weighted by Crippen LogP contribution is -1.98. The van der Waals surface area contributed by atoms with Crippen LogP contribution < -0.4 is 0 Å². The summed E-state index contributed by atoms with van der Waals surface area (Å²) in [6.07, 6.45) is 0.606. The number of hydrogen-bond acceptors (Lipinski definition) is 3. The molecule has 0 bridgehead atoms. The fourth-order valence-electron chi connectivity index (χ4n) is 0.954. The number of aliphatic carboxylic acids is 1. The summed E-state index contributed by atoms with van der Waals surface area (Å²) in [5.41, 5.74) is 0.941. The Hall–Kier alpha value is -1.62. The van der Waals surface area contributed by atoms with Gasteiger partial charge in [0.1, 0.15) is 0 Å². The first-order valence-electron chi connectivity index (χ1n) is 4.14. The zero-order valence-corrected chi connectivity index (χ0v) is 8.86. The predicted octanol–water partition coefficient (Wildman–Crippen LogP) is 1.37. The van der Waals surface area contributed by atoms with Gasteiger partial charge in [-0.25, -0.2) is 13.2 Å². The maximum Gasteiger partial charge on any atom is 0.329 e. The van der Waals surface area contributed by atoms with Crippen LogP contribution in [-0.4, -0.2) is 19.5 Å². The minimum atomic E-state index is -3.63. The molecule has 1 N–H and O–H groups in total. The topological polar surface area (TPSA) is 71.4 Å². The molecule has 0 aromatic heterocycles. The third kappa shape index (κ3) is 3.21. The van der Waals surface area contributed by atoms with Crippen LogP contribution in [-0.2, 0) is 14.6 Å². The summed E-state index contributed by atoms with van der Waals surface area (Å²) in [6, 6.07) is 6.19. The van der Waals surface area contributed by atoms with E-state index >= 15 is 0 Å². The number of carboxylic acid groups (broad SMARTS) is 1. The van der Waals surface area contributed by atoms with E-state index in [2.05, 4.69) is 0 Å². The number of rotatable bonds is 3. The van der Waals surface area contributed by atoms with Crippen LogP contribution in [0.25, 0.3) is 0 Å². The van der Waals surface area contributed by atoms with E-state index in [9.17, 15) is 13.2 Å². The molecule has 0 aliphatic carbocycles. The van der Waals surface area contributed by atoms with Gasteiger partial charge < -0.3 is 5.11 Å². The van der Waals surface area contributed by atoms with E-state index in [1.165, 1.54) is 12.1 Å². The van der Waals surface area contributed by atoms with Crippen molar-refractivity contribution in [3.05, 3.63) is 41.3 Å². The Labute approximate surface area is 87.8 Å². The molecule has 5 heteroatoms. The number of sulfone groups is 1. The molecule has 0 fully saturated rings. The molecule has 1 aromatic rings. The Morgan fingerprint density at radius 2 is 1.80 bits per heavy atom. The highest BCUT2D eigenvalue weighted by Crippen LogP contribution is 2.12. The van der Waals surface area contributed by atoms with Gasteiger partial charge in [-0.15, -0.1) is 0 Å². The molecule has 1 rings (SSSR count). The van der Waals surface area contributed by atoms with E-state index in [4.69, 9.17) is 5.11 Å². The summed E-state index contributed by atoms with van der Waals surface area (Å²) in [7, 11) is -3.63. The summed E-state index contributed by atoms with van der Waals surface area (Å²) in [5.74, 6) is -1.29. The molecule has 0 unspecified atom stereocenters. The van der Waals surface area contributed by atoms with Gasteiger partial charge >= 0.3 is 5.97 Å². The highest BCUT2D eigenvalue weighted by molar-refractivity contribution is 7.94. The fraction of sp³-hybridized carbons (Fsp3) is 0.100. The molecule has 1 aromatic carbocycles. The Balaban J connectivity index is 3.07. The van der Waals surface area contributed by atoms with Crippen molar-refractivity contribution in [2.75, 3.05) is 0 Å². The van der Waals surface area contributed by atoms with Crippen LogP contribution in [0.2, 0.25) is 0 Å². The van der Waals surface area contributed by atoms with Crippen molar-refractivity contribution in [1.82, 2.24) is 0 Å². The minimum Gasteiger partial charge on any atom is -0.478 e. The molecule has 0 radical (unpaired) electrons. The van der Waals surface area contributed by atoms with Gasteiger partial charge in [-0.05, 0) is 19.1 Å². The Morgan fingerprint density at radius 3 is 2.27 bits per heavy atom. The maximum absolute atomic E-state index is 11.5. The molecule has 0 atom stereocenters. The SMILES string of the molecule is Cc1ccc(S(=O)(=O)/C=C\C(=O)O)cc1. The molecule has 15 heavy (non-hydrogen) atoms. The lowest BCUT2D eigenvalue weighted by Gasteiger charge is -1.98. The van der Waals surface area contributed by atoms with Crippen LogP contribution in [0, 0.1) is 6.92 Å². The Kier molecular flexibility index (Phi) is 3.26. The summed E-state index contributed by atoms with van der Waals surface area (Å²) in [6.45, 7) is 1.84. The summed E-state index contributed by atoms with van der Waals surface area (Å²) in [5, 5.41) is 9.00. The predicted molar refractivity (Wildman–Crippen MR) is 55.1 cm³/mol. The van der Waals surface area contributed by atoms with E-state index in [0.29, 0.717) is 11.5 Å². The Bertz CT molecular complexity index is 483. The second-order valence-corrected chi connectivity index (χ2v) is 4.83. The molecule has 80 valence electrons. The van der Waals surface area contributed by atoms with Gasteiger partial charge in [0, 0.05) is 11.5 Å². The van der Waals surface area contributed by atoms with Crippen molar-refractivity contribution in [3.8, 4) is 0 Å². The summed E-state index contributed by atoms with van der Waals surface area (Å²) >= 11 is 0. The van der Waals surface area contributed by atoms with Gasteiger partial charge in [0.15, 0.2) is 9.84 Å². The molecule has 0 saturated carbocycles. The zero-order chi connectivity index (χ0) is 11.5. The number of carbonyl (C=O) groups is 1. The second-order valence-electron chi connectivity index (χ2n) is 3.00. The summed E-state index contributed by atoms with van der Waals surface area (Å²) in [4.78, 5) is 10.3. The van der Waals surface area contributed by atoms with Crippen LogP contribution in [0.5, 0.6) is 0 Å². The standard InChI is InChI=1S/C10H10O4S/c1-8-2-4-9(5-3-8)15(13,14)7-6-10(11)12/h2-7H,1H3,(H,11,12)/b7-6-. The molecular formula is C10H10O4S. The smallest absolute Gasteiger partial charge is 0.329 e. The normalized spacial score (nSPS) is 11.8. The van der Waals surface area contributed by atoms with Crippen molar-refractivity contribution >= 4 is 15.8 Å². The maximum atomic E-state index is 11.5. The fourth-order valence-corrected chi connectivity index (χ4v) is 1.92. The van der Waals surface area contributed by atoms with E-state index in [1.54, 1.807) is 12.1 Å². The molecule has 0 heterocycles. The largest absolute Gasteiger partial charge is 0.478 e. The first kappa shape index (κ1) is 11.5. The highest BCUT2D eigenvalue weighted by atomic mass is 32.2. The molecule has 0 aliphatic heterocycles. The van der Waals surface area contributed by atoms with Crippen molar-refractivity contribution in [2.45, 2.75) is 11.8 Å². The van der Waals surface area contributed by atoms with Crippen LogP contribution in [0.3, 0.4) is 0 Å². The molecule has 0 aliphatic rings. The molecule has 0 spiro atoms. The highest BCUT2D eigenvalue weighted by Gasteiger charge is 2.09. The van der Waals surface area contributed by atoms with Crippen LogP contribution in [0.4, 0.5) is 0 Å². The van der Waals surface area contributed by atoms with Crippen molar-refractivity contribution in [2.24, 2.45) is 0 Å². The van der Waals surface area contributed by atoms with Crippen LogP contribution in [0.15, 0.2) is 40.6 Å². The van der Waals surface area contributed by atoms with Gasteiger partial charge in [-0.3, -0.25) is 0 Å². The van der Waals surface area contributed by atoms with Gasteiger partial charge in [-0.1, -0.05) is 17.7 Å². The van der Waals surface area contributed by atoms with Crippen molar-refractivity contribution in [1.29, 1.82) is 0 Å². The minimum absolute atomic E-state index is 0.0885. The number of aryl methyl sites for hydroxylation is 1. The number of benzene rings is 1. The molecule has 4 nitrogen and oxygen atoms in total. The van der Waals surface area contributed by atoms with E-state index in [-0.39, 0.29) is 4.90 Å². The van der Waals surface area contributed by atoms with Gasteiger partial charge in [0.25, 0.3) is 0 Å². The van der Waals surface area contributed by atoms with Gasteiger partial charge in [0.2, 0.25) is 0 Å². The van der Waals surface area contributed by atoms with Crippen LogP contribution in [0.1, 0.15) is 5.56 Å². The van der Waals surface area contributed by atoms with E-state index in [0.717, 1.165) is 5.56 Å². The Morgan fingerprint density at radius 1 is 1.27 bits per heavy atom. The third-order valence-corrected chi connectivity index (χ3v) is 3.16. The van der Waals surface area contributed by atoms with Gasteiger partial charge in [-0.2, -0.15) is 0 Å². The summed E-state index contributed by atoms with van der Waals surface area (Å²) < 4.78 is 23.0. The third-order valence-electron chi connectivity index (χ3n) is 1.74. The van der Waals surface area contributed by atoms with Crippen LogP contribution >= 0.6 is 0 Å².